The van der Waals surface area contributed by atoms with Gasteiger partial charge in [0.15, 0.2) is 0 Å². The van der Waals surface area contributed by atoms with Crippen molar-refractivity contribution in [2.45, 2.75) is 24.4 Å². The van der Waals surface area contributed by atoms with E-state index in [1.807, 2.05) is 0 Å². The molecule has 13 heteroatoms. The largest absolute Gasteiger partial charge is 0.426 e. The molecule has 2 aromatic rings. The van der Waals surface area contributed by atoms with E-state index in [1.54, 1.807) is 0 Å². The van der Waals surface area contributed by atoms with Crippen LogP contribution in [0.5, 0.6) is 0 Å². The molecule has 0 aliphatic carbocycles. The molecule has 162 valence electrons. The van der Waals surface area contributed by atoms with Crippen LogP contribution in [0.15, 0.2) is 42.5 Å². The molecule has 0 aliphatic heterocycles. The summed E-state index contributed by atoms with van der Waals surface area (Å²) in [6.45, 7) is 0. The molecule has 6 nitrogen and oxygen atoms in total. The van der Waals surface area contributed by atoms with Crippen LogP contribution in [0.4, 0.5) is 42.1 Å². The third-order valence-electron chi connectivity index (χ3n) is 3.97. The normalized spacial score (nSPS) is 14.1. The molecule has 0 heterocycles. The highest BCUT2D eigenvalue weighted by molar-refractivity contribution is 5.98. The number of carbonyl (C=O) groups excluding carboxylic acids is 1. The van der Waals surface area contributed by atoms with Crippen molar-refractivity contribution in [1.29, 1.82) is 0 Å². The van der Waals surface area contributed by atoms with Crippen LogP contribution in [0.3, 0.4) is 0 Å². The van der Waals surface area contributed by atoms with Crippen molar-refractivity contribution in [2.75, 3.05) is 5.32 Å². The van der Waals surface area contributed by atoms with Gasteiger partial charge in [0.1, 0.15) is 11.4 Å². The maximum absolute atomic E-state index is 13.4. The highest BCUT2D eigenvalue weighted by atomic mass is 19.4. The third-order valence-corrected chi connectivity index (χ3v) is 3.97. The Hall–Kier alpha value is -3.22. The smallest absolute Gasteiger partial charge is 0.372 e. The number of alkyl halides is 6. The quantitative estimate of drug-likeness (QED) is 0.414. The zero-order valence-electron chi connectivity index (χ0n) is 14.5. The number of halogens is 7. The second-order valence-corrected chi connectivity index (χ2v) is 6.10. The van der Waals surface area contributed by atoms with E-state index in [0.29, 0.717) is 12.1 Å². The van der Waals surface area contributed by atoms with Crippen molar-refractivity contribution in [3.63, 3.8) is 0 Å². The molecular weight excluding hydrogens is 429 g/mol. The number of nitrogens with one attached hydrogen (secondary N) is 1. The Morgan fingerprint density at radius 2 is 1.60 bits per heavy atom. The molecule has 0 saturated carbocycles. The molecule has 0 aromatic heterocycles. The lowest BCUT2D eigenvalue weighted by atomic mass is 9.92. The molecule has 2 aromatic carbocycles. The first-order valence-corrected chi connectivity index (χ1v) is 7.86. The Bertz CT molecular complexity index is 958. The van der Waals surface area contributed by atoms with Crippen LogP contribution in [-0.2, 0) is 17.4 Å². The summed E-state index contributed by atoms with van der Waals surface area (Å²) in [5.74, 6) is -2.91. The Kier molecular flexibility index (Phi) is 6.07. The summed E-state index contributed by atoms with van der Waals surface area (Å²) < 4.78 is 92.1. The summed E-state index contributed by atoms with van der Waals surface area (Å²) in [5.41, 5.74) is -8.41. The number of nitro benzene ring substituents is 1. The van der Waals surface area contributed by atoms with Crippen molar-refractivity contribution >= 4 is 17.3 Å². The van der Waals surface area contributed by atoms with E-state index < -0.39 is 58.0 Å². The molecule has 0 fully saturated rings. The van der Waals surface area contributed by atoms with Crippen molar-refractivity contribution in [3.05, 3.63) is 69.5 Å². The van der Waals surface area contributed by atoms with Gasteiger partial charge in [0.05, 0.1) is 4.92 Å². The second-order valence-electron chi connectivity index (χ2n) is 6.10. The third kappa shape index (κ3) is 4.84. The molecule has 0 aliphatic rings. The minimum absolute atomic E-state index is 0.0741. The van der Waals surface area contributed by atoms with Crippen LogP contribution < -0.4 is 5.32 Å². The molecule has 1 amide bonds. The van der Waals surface area contributed by atoms with Crippen LogP contribution in [0.2, 0.25) is 0 Å². The number of hydrogen-bond acceptors (Lipinski definition) is 4. The first-order chi connectivity index (χ1) is 13.6. The molecular formula is C17H11F7N2O4. The van der Waals surface area contributed by atoms with E-state index in [-0.39, 0.29) is 11.6 Å². The standard InChI is InChI=1S/C17H11F7N2O4/c18-10-3-1-9(2-4-10)8-15(28,17(22,23)24)14(27)25-11-5-6-13(26(29)30)12(7-11)16(19,20)21/h1-7,28H,8H2,(H,25,27). The molecule has 1 atom stereocenters. The van der Waals surface area contributed by atoms with E-state index in [4.69, 9.17) is 0 Å². The lowest BCUT2D eigenvalue weighted by molar-refractivity contribution is -0.388. The van der Waals surface area contributed by atoms with Gasteiger partial charge in [-0.2, -0.15) is 26.3 Å². The fraction of sp³-hybridized carbons (Fsp3) is 0.235. The highest BCUT2D eigenvalue weighted by Crippen LogP contribution is 2.39. The predicted molar refractivity (Wildman–Crippen MR) is 87.8 cm³/mol. The number of hydrogen-bond donors (Lipinski definition) is 2. The average Bonchev–Trinajstić information content (AvgIpc) is 2.61. The van der Waals surface area contributed by atoms with E-state index in [1.165, 1.54) is 5.32 Å². The Morgan fingerprint density at radius 3 is 2.07 bits per heavy atom. The zero-order valence-corrected chi connectivity index (χ0v) is 14.5. The SMILES string of the molecule is O=C(Nc1ccc([N+](=O)[O-])c(C(F)(F)F)c1)C(O)(Cc1ccc(F)cc1)C(F)(F)F. The number of nitro groups is 1. The zero-order chi connectivity index (χ0) is 22.9. The van der Waals surface area contributed by atoms with E-state index >= 15 is 0 Å². The first-order valence-electron chi connectivity index (χ1n) is 7.86. The van der Waals surface area contributed by atoms with Crippen LogP contribution in [0.1, 0.15) is 11.1 Å². The summed E-state index contributed by atoms with van der Waals surface area (Å²) in [7, 11) is 0. The number of benzene rings is 2. The van der Waals surface area contributed by atoms with Gasteiger partial charge in [-0.25, -0.2) is 4.39 Å². The summed E-state index contributed by atoms with van der Waals surface area (Å²) in [6.07, 6.45) is -12.2. The van der Waals surface area contributed by atoms with Crippen molar-refractivity contribution < 1.29 is 45.6 Å². The number of amides is 1. The summed E-state index contributed by atoms with van der Waals surface area (Å²) in [5, 5.41) is 22.2. The van der Waals surface area contributed by atoms with Crippen LogP contribution in [0.25, 0.3) is 0 Å². The van der Waals surface area contributed by atoms with Crippen molar-refractivity contribution in [2.24, 2.45) is 0 Å². The number of carbonyl (C=O) groups is 1. The van der Waals surface area contributed by atoms with Gasteiger partial charge in [-0.1, -0.05) is 12.1 Å². The Labute approximate surface area is 163 Å². The molecule has 2 N–H and O–H groups in total. The average molecular weight is 440 g/mol. The van der Waals surface area contributed by atoms with Gasteiger partial charge >= 0.3 is 12.4 Å². The first kappa shape index (κ1) is 23.1. The van der Waals surface area contributed by atoms with Gasteiger partial charge in [-0.05, 0) is 29.8 Å². The van der Waals surface area contributed by atoms with E-state index in [2.05, 4.69) is 0 Å². The molecule has 0 saturated heterocycles. The summed E-state index contributed by atoms with van der Waals surface area (Å²) in [6, 6.07) is 4.35. The van der Waals surface area contributed by atoms with Gasteiger partial charge in [0.25, 0.3) is 11.6 Å². The maximum atomic E-state index is 13.4. The fourth-order valence-electron chi connectivity index (χ4n) is 2.44. The maximum Gasteiger partial charge on any atom is 0.426 e. The van der Waals surface area contributed by atoms with Crippen molar-refractivity contribution in [3.8, 4) is 0 Å². The van der Waals surface area contributed by atoms with Crippen molar-refractivity contribution in [1.82, 2.24) is 0 Å². The molecule has 0 spiro atoms. The topological polar surface area (TPSA) is 92.5 Å². The summed E-state index contributed by atoms with van der Waals surface area (Å²) in [4.78, 5) is 21.5. The predicted octanol–water partition coefficient (Wildman–Crippen LogP) is 4.23. The second kappa shape index (κ2) is 7.89. The molecule has 0 radical (unpaired) electrons. The lowest BCUT2D eigenvalue weighted by Gasteiger charge is -2.29. The monoisotopic (exact) mass is 440 g/mol. The van der Waals surface area contributed by atoms with Gasteiger partial charge in [-0.3, -0.25) is 14.9 Å². The number of rotatable bonds is 5. The van der Waals surface area contributed by atoms with Crippen LogP contribution >= 0.6 is 0 Å². The number of aliphatic hydroxyl groups is 1. The molecule has 2 rings (SSSR count). The molecule has 0 bridgehead atoms. The lowest BCUT2D eigenvalue weighted by Crippen LogP contribution is -2.56. The fourth-order valence-corrected chi connectivity index (χ4v) is 2.44. The minimum Gasteiger partial charge on any atom is -0.372 e. The van der Waals surface area contributed by atoms with Gasteiger partial charge < -0.3 is 10.4 Å². The molecule has 1 unspecified atom stereocenters. The van der Waals surface area contributed by atoms with Gasteiger partial charge in [0, 0.05) is 18.2 Å². The number of anilines is 1. The van der Waals surface area contributed by atoms with Gasteiger partial charge in [-0.15, -0.1) is 0 Å². The van der Waals surface area contributed by atoms with Crippen LogP contribution in [-0.4, -0.2) is 27.7 Å². The minimum atomic E-state index is -5.56. The van der Waals surface area contributed by atoms with Gasteiger partial charge in [0.2, 0.25) is 5.60 Å². The number of nitrogens with zero attached hydrogens (tertiary/aromatic N) is 1. The van der Waals surface area contributed by atoms with E-state index in [0.717, 1.165) is 24.3 Å². The Balaban J connectivity index is 2.40. The summed E-state index contributed by atoms with van der Waals surface area (Å²) >= 11 is 0. The molecule has 30 heavy (non-hydrogen) atoms. The Morgan fingerprint density at radius 1 is 1.03 bits per heavy atom. The van der Waals surface area contributed by atoms with E-state index in [9.17, 15) is 50.7 Å². The van der Waals surface area contributed by atoms with Crippen LogP contribution in [0, 0.1) is 15.9 Å². The highest BCUT2D eigenvalue weighted by Gasteiger charge is 2.59.